The van der Waals surface area contributed by atoms with Crippen LogP contribution in [0.3, 0.4) is 0 Å². The highest BCUT2D eigenvalue weighted by atomic mass is 35.5. The van der Waals surface area contributed by atoms with Crippen molar-refractivity contribution in [2.24, 2.45) is 0 Å². The second-order valence-corrected chi connectivity index (χ2v) is 6.40. The summed E-state index contributed by atoms with van der Waals surface area (Å²) in [6.07, 6.45) is 0. The summed E-state index contributed by atoms with van der Waals surface area (Å²) in [6, 6.07) is 10.6. The predicted octanol–water partition coefficient (Wildman–Crippen LogP) is 4.14. The van der Waals surface area contributed by atoms with E-state index < -0.39 is 0 Å². The van der Waals surface area contributed by atoms with Crippen LogP contribution in [0.15, 0.2) is 36.4 Å². The molecule has 0 aliphatic rings. The number of carbonyl (C=O) groups is 1. The first-order valence-corrected chi connectivity index (χ1v) is 8.74. The fourth-order valence-electron chi connectivity index (χ4n) is 3.05. The maximum atomic E-state index is 12.3. The Morgan fingerprint density at radius 1 is 1.00 bits per heavy atom. The Balaban J connectivity index is 2.35. The molecule has 0 saturated heterocycles. The van der Waals surface area contributed by atoms with Crippen LogP contribution in [0.4, 0.5) is 5.82 Å². The lowest BCUT2D eigenvalue weighted by molar-refractivity contribution is 0.0923. The summed E-state index contributed by atoms with van der Waals surface area (Å²) in [5.74, 6) is 1.29. The number of nitrogen functional groups attached to an aromatic ring is 1. The lowest BCUT2D eigenvalue weighted by atomic mass is 10.00. The molecule has 0 atom stereocenters. The molecule has 2 aromatic carbocycles. The summed E-state index contributed by atoms with van der Waals surface area (Å²) in [6.45, 7) is 1.42. The van der Waals surface area contributed by atoms with Crippen LogP contribution < -0.4 is 19.9 Å². The molecule has 0 fully saturated rings. The largest absolute Gasteiger partial charge is 0.493 e. The molecule has 0 saturated carbocycles. The van der Waals surface area contributed by atoms with Crippen molar-refractivity contribution in [1.82, 2.24) is 9.78 Å². The molecule has 0 aliphatic carbocycles. The van der Waals surface area contributed by atoms with Crippen LogP contribution in [-0.4, -0.2) is 37.0 Å². The summed E-state index contributed by atoms with van der Waals surface area (Å²) >= 11 is 6.01. The Kier molecular flexibility index (Phi) is 5.46. The van der Waals surface area contributed by atoms with Crippen molar-refractivity contribution in [1.29, 1.82) is 0 Å². The molecule has 2 N–H and O–H groups in total. The van der Waals surface area contributed by atoms with E-state index >= 15 is 0 Å². The molecule has 1 aromatic heterocycles. The number of anilines is 1. The summed E-state index contributed by atoms with van der Waals surface area (Å²) in [4.78, 5) is 12.3. The van der Waals surface area contributed by atoms with Gasteiger partial charge in [-0.25, -0.2) is 0 Å². The third kappa shape index (κ3) is 3.36. The van der Waals surface area contributed by atoms with Crippen molar-refractivity contribution in [3.8, 4) is 39.6 Å². The van der Waals surface area contributed by atoms with E-state index in [0.717, 1.165) is 5.56 Å². The zero-order chi connectivity index (χ0) is 20.4. The molecule has 28 heavy (non-hydrogen) atoms. The highest BCUT2D eigenvalue weighted by Crippen LogP contribution is 2.44. The maximum absolute atomic E-state index is 12.3. The van der Waals surface area contributed by atoms with Gasteiger partial charge in [0.05, 0.1) is 32.6 Å². The van der Waals surface area contributed by atoms with Crippen molar-refractivity contribution in [3.05, 3.63) is 41.4 Å². The van der Waals surface area contributed by atoms with E-state index in [0.29, 0.717) is 39.1 Å². The number of hydrogen-bond donors (Lipinski definition) is 1. The standard InChI is InChI=1S/C20H20ClN3O4/c1-11(25)24-18(13-9-15(26-2)19(28-4)16(10-13)27-3)17(20(22)23-24)12-5-7-14(21)8-6-12/h5-10H,1-4H3,(H2,22,23). The molecule has 0 aliphatic heterocycles. The van der Waals surface area contributed by atoms with Crippen LogP contribution in [0.1, 0.15) is 11.7 Å². The average Bonchev–Trinajstić information content (AvgIpc) is 3.04. The molecule has 1 heterocycles. The number of aromatic nitrogens is 2. The quantitative estimate of drug-likeness (QED) is 0.691. The van der Waals surface area contributed by atoms with Gasteiger partial charge in [0.1, 0.15) is 0 Å². The number of rotatable bonds is 5. The van der Waals surface area contributed by atoms with E-state index in [-0.39, 0.29) is 11.7 Å². The molecule has 0 amide bonds. The van der Waals surface area contributed by atoms with Crippen molar-refractivity contribution < 1.29 is 19.0 Å². The normalized spacial score (nSPS) is 10.6. The van der Waals surface area contributed by atoms with E-state index in [9.17, 15) is 4.79 Å². The van der Waals surface area contributed by atoms with Gasteiger partial charge in [0.15, 0.2) is 17.3 Å². The summed E-state index contributed by atoms with van der Waals surface area (Å²) in [5, 5.41) is 4.83. The van der Waals surface area contributed by atoms with Gasteiger partial charge in [-0.3, -0.25) is 4.79 Å². The minimum atomic E-state index is -0.282. The topological polar surface area (TPSA) is 88.6 Å². The zero-order valence-corrected chi connectivity index (χ0v) is 16.7. The van der Waals surface area contributed by atoms with Gasteiger partial charge in [-0.1, -0.05) is 23.7 Å². The molecule has 0 bridgehead atoms. The number of halogens is 1. The molecule has 146 valence electrons. The van der Waals surface area contributed by atoms with Crippen LogP contribution in [-0.2, 0) is 0 Å². The monoisotopic (exact) mass is 401 g/mol. The highest BCUT2D eigenvalue weighted by molar-refractivity contribution is 6.30. The lowest BCUT2D eigenvalue weighted by Crippen LogP contribution is -2.10. The Hall–Kier alpha value is -3.19. The maximum Gasteiger partial charge on any atom is 0.244 e. The molecular weight excluding hydrogens is 382 g/mol. The van der Waals surface area contributed by atoms with E-state index in [2.05, 4.69) is 5.10 Å². The summed E-state index contributed by atoms with van der Waals surface area (Å²) < 4.78 is 17.5. The van der Waals surface area contributed by atoms with Gasteiger partial charge in [0, 0.05) is 17.5 Å². The Morgan fingerprint density at radius 3 is 2.04 bits per heavy atom. The van der Waals surface area contributed by atoms with E-state index in [4.69, 9.17) is 31.5 Å². The Bertz CT molecular complexity index is 1000. The van der Waals surface area contributed by atoms with Crippen molar-refractivity contribution in [2.45, 2.75) is 6.92 Å². The molecule has 0 spiro atoms. The zero-order valence-electron chi connectivity index (χ0n) is 15.9. The van der Waals surface area contributed by atoms with E-state index in [1.807, 2.05) is 12.1 Å². The van der Waals surface area contributed by atoms with Crippen LogP contribution in [0.5, 0.6) is 17.2 Å². The molecule has 3 aromatic rings. The van der Waals surface area contributed by atoms with Gasteiger partial charge >= 0.3 is 0 Å². The second kappa shape index (κ2) is 7.82. The fourth-order valence-corrected chi connectivity index (χ4v) is 3.17. The van der Waals surface area contributed by atoms with Crippen molar-refractivity contribution in [3.63, 3.8) is 0 Å². The number of nitrogens with two attached hydrogens (primary N) is 1. The van der Waals surface area contributed by atoms with Gasteiger partial charge in [0.2, 0.25) is 11.7 Å². The van der Waals surface area contributed by atoms with Gasteiger partial charge in [-0.2, -0.15) is 4.68 Å². The summed E-state index contributed by atoms with van der Waals surface area (Å²) in [7, 11) is 4.58. The highest BCUT2D eigenvalue weighted by Gasteiger charge is 2.24. The summed E-state index contributed by atoms with van der Waals surface area (Å²) in [5.41, 5.74) is 8.73. The number of hydrogen-bond acceptors (Lipinski definition) is 6. The number of nitrogens with zero attached hydrogens (tertiary/aromatic N) is 2. The van der Waals surface area contributed by atoms with Crippen LogP contribution >= 0.6 is 11.6 Å². The van der Waals surface area contributed by atoms with Gasteiger partial charge < -0.3 is 19.9 Å². The molecule has 0 radical (unpaired) electrons. The fraction of sp³-hybridized carbons (Fsp3) is 0.200. The Labute approximate surface area is 167 Å². The van der Waals surface area contributed by atoms with Gasteiger partial charge in [0.25, 0.3) is 0 Å². The minimum Gasteiger partial charge on any atom is -0.493 e. The molecule has 3 rings (SSSR count). The Morgan fingerprint density at radius 2 is 1.57 bits per heavy atom. The third-order valence-corrected chi connectivity index (χ3v) is 4.53. The number of benzene rings is 2. The first-order valence-electron chi connectivity index (χ1n) is 8.37. The van der Waals surface area contributed by atoms with Crippen molar-refractivity contribution in [2.75, 3.05) is 27.1 Å². The molecular formula is C20H20ClN3O4. The van der Waals surface area contributed by atoms with Gasteiger partial charge in [-0.05, 0) is 29.8 Å². The average molecular weight is 402 g/mol. The van der Waals surface area contributed by atoms with E-state index in [1.54, 1.807) is 24.3 Å². The van der Waals surface area contributed by atoms with Crippen molar-refractivity contribution >= 4 is 23.3 Å². The number of methoxy groups -OCH3 is 3. The van der Waals surface area contributed by atoms with Crippen LogP contribution in [0.2, 0.25) is 5.02 Å². The first kappa shape index (κ1) is 19.6. The van der Waals surface area contributed by atoms with Gasteiger partial charge in [-0.15, -0.1) is 5.10 Å². The number of ether oxygens (including phenoxy) is 3. The molecule has 7 nitrogen and oxygen atoms in total. The van der Waals surface area contributed by atoms with Crippen LogP contribution in [0, 0.1) is 0 Å². The third-order valence-electron chi connectivity index (χ3n) is 4.28. The molecule has 8 heteroatoms. The lowest BCUT2D eigenvalue weighted by Gasteiger charge is -2.15. The second-order valence-electron chi connectivity index (χ2n) is 5.96. The predicted molar refractivity (Wildman–Crippen MR) is 108 cm³/mol. The first-order chi connectivity index (χ1) is 13.4. The van der Waals surface area contributed by atoms with E-state index in [1.165, 1.54) is 32.9 Å². The SMILES string of the molecule is COc1cc(-c2c(-c3ccc(Cl)cc3)c(N)nn2C(C)=O)cc(OC)c1OC. The smallest absolute Gasteiger partial charge is 0.244 e. The van der Waals surface area contributed by atoms with Crippen LogP contribution in [0.25, 0.3) is 22.4 Å². The molecule has 0 unspecified atom stereocenters. The number of carbonyl (C=O) groups excluding carboxylic acids is 1. The minimum absolute atomic E-state index is 0.223.